The largest absolute Gasteiger partial charge is 0.495 e. The van der Waals surface area contributed by atoms with Crippen molar-refractivity contribution in [2.75, 3.05) is 38.2 Å². The van der Waals surface area contributed by atoms with Crippen molar-refractivity contribution in [3.8, 4) is 5.75 Å². The number of hydrogen-bond acceptors (Lipinski definition) is 4. The van der Waals surface area contributed by atoms with Gasteiger partial charge in [0.05, 0.1) is 18.9 Å². The molecule has 138 valence electrons. The topological polar surface area (TPSA) is 35.9 Å². The number of rotatable bonds is 3. The lowest BCUT2D eigenvalue weighted by Gasteiger charge is -2.48. The van der Waals surface area contributed by atoms with Crippen molar-refractivity contribution in [1.29, 1.82) is 0 Å². The lowest BCUT2D eigenvalue weighted by molar-refractivity contribution is -0.0332. The third kappa shape index (κ3) is 3.52. The lowest BCUT2D eigenvalue weighted by Crippen LogP contribution is -2.56. The van der Waals surface area contributed by atoms with Crippen LogP contribution in [0.3, 0.4) is 0 Å². The molecule has 1 aromatic rings. The minimum absolute atomic E-state index is 0.128. The van der Waals surface area contributed by atoms with Gasteiger partial charge in [-0.15, -0.1) is 0 Å². The van der Waals surface area contributed by atoms with Crippen molar-refractivity contribution < 1.29 is 9.84 Å². The standard InChI is InChI=1S/C21H32N2O2/c1-25-21-9-5-4-8-18(21)22-10-12-23(13-11-22)19-14-16-6-2-3-7-17(16)15-20(19)24/h4-5,8-9,16-17,19-20,24H,2-3,6-7,10-15H2,1H3/t16-,17+,19+,20+/m0/s1. The molecule has 0 amide bonds. The van der Waals surface area contributed by atoms with Crippen molar-refractivity contribution in [3.05, 3.63) is 24.3 Å². The number of para-hydroxylation sites is 2. The molecule has 4 rings (SSSR count). The van der Waals surface area contributed by atoms with Gasteiger partial charge in [-0.1, -0.05) is 37.8 Å². The third-order valence-electron chi connectivity index (χ3n) is 6.81. The van der Waals surface area contributed by atoms with Crippen molar-refractivity contribution in [3.63, 3.8) is 0 Å². The van der Waals surface area contributed by atoms with Gasteiger partial charge < -0.3 is 14.7 Å². The molecule has 2 aliphatic carbocycles. The minimum atomic E-state index is -0.128. The zero-order chi connectivity index (χ0) is 17.2. The normalized spacial score (nSPS) is 33.8. The summed E-state index contributed by atoms with van der Waals surface area (Å²) in [5.74, 6) is 2.60. The Morgan fingerprint density at radius 2 is 1.64 bits per heavy atom. The molecule has 3 aliphatic rings. The first-order chi connectivity index (χ1) is 12.3. The first-order valence-electron chi connectivity index (χ1n) is 10.1. The van der Waals surface area contributed by atoms with Gasteiger partial charge >= 0.3 is 0 Å². The summed E-state index contributed by atoms with van der Waals surface area (Å²) in [6.45, 7) is 4.10. The highest BCUT2D eigenvalue weighted by molar-refractivity contribution is 5.58. The molecule has 1 heterocycles. The van der Waals surface area contributed by atoms with E-state index in [1.807, 2.05) is 12.1 Å². The van der Waals surface area contributed by atoms with Crippen molar-refractivity contribution in [1.82, 2.24) is 4.90 Å². The number of piperazine rings is 1. The quantitative estimate of drug-likeness (QED) is 0.914. The third-order valence-corrected chi connectivity index (χ3v) is 6.81. The predicted octanol–water partition coefficient (Wildman–Crippen LogP) is 3.15. The Hall–Kier alpha value is -1.26. The molecular formula is C21H32N2O2. The van der Waals surface area contributed by atoms with Crippen LogP contribution in [-0.2, 0) is 0 Å². The maximum atomic E-state index is 10.7. The fraction of sp³-hybridized carbons (Fsp3) is 0.714. The Balaban J connectivity index is 1.38. The molecule has 2 saturated carbocycles. The number of anilines is 1. The Morgan fingerprint density at radius 1 is 0.960 bits per heavy atom. The average molecular weight is 344 g/mol. The average Bonchev–Trinajstić information content (AvgIpc) is 2.67. The van der Waals surface area contributed by atoms with E-state index in [1.54, 1.807) is 7.11 Å². The van der Waals surface area contributed by atoms with Crippen LogP contribution in [-0.4, -0.2) is 55.4 Å². The van der Waals surface area contributed by atoms with E-state index in [2.05, 4.69) is 21.9 Å². The van der Waals surface area contributed by atoms with Crippen LogP contribution in [0.25, 0.3) is 0 Å². The molecule has 1 N–H and O–H groups in total. The highest BCUT2D eigenvalue weighted by Gasteiger charge is 2.40. The van der Waals surface area contributed by atoms with E-state index in [1.165, 1.54) is 37.8 Å². The predicted molar refractivity (Wildman–Crippen MR) is 101 cm³/mol. The van der Waals surface area contributed by atoms with Crippen LogP contribution in [0.5, 0.6) is 5.75 Å². The summed E-state index contributed by atoms with van der Waals surface area (Å²) in [6.07, 6.45) is 7.60. The lowest BCUT2D eigenvalue weighted by atomic mass is 9.68. The van der Waals surface area contributed by atoms with Gasteiger partial charge in [0.2, 0.25) is 0 Å². The summed E-state index contributed by atoms with van der Waals surface area (Å²) < 4.78 is 5.52. The monoisotopic (exact) mass is 344 g/mol. The van der Waals surface area contributed by atoms with E-state index in [4.69, 9.17) is 4.74 Å². The summed E-state index contributed by atoms with van der Waals surface area (Å²) in [5, 5.41) is 10.7. The van der Waals surface area contributed by atoms with E-state index in [0.29, 0.717) is 6.04 Å². The van der Waals surface area contributed by atoms with Gasteiger partial charge in [0, 0.05) is 32.2 Å². The zero-order valence-electron chi connectivity index (χ0n) is 15.4. The molecule has 4 nitrogen and oxygen atoms in total. The molecule has 0 spiro atoms. The fourth-order valence-corrected chi connectivity index (χ4v) is 5.42. The second kappa shape index (κ2) is 7.55. The number of hydrogen-bond donors (Lipinski definition) is 1. The van der Waals surface area contributed by atoms with Crippen LogP contribution in [0.4, 0.5) is 5.69 Å². The number of benzene rings is 1. The number of aliphatic hydroxyl groups is 1. The molecule has 0 bridgehead atoms. The van der Waals surface area contributed by atoms with Gasteiger partial charge in [-0.3, -0.25) is 4.90 Å². The first-order valence-corrected chi connectivity index (χ1v) is 10.1. The molecule has 25 heavy (non-hydrogen) atoms. The van der Waals surface area contributed by atoms with Gasteiger partial charge in [-0.25, -0.2) is 0 Å². The van der Waals surface area contributed by atoms with Crippen molar-refractivity contribution >= 4 is 5.69 Å². The molecule has 1 aromatic carbocycles. The van der Waals surface area contributed by atoms with E-state index in [-0.39, 0.29) is 6.10 Å². The number of ether oxygens (including phenoxy) is 1. The molecular weight excluding hydrogens is 312 g/mol. The molecule has 0 unspecified atom stereocenters. The van der Waals surface area contributed by atoms with Gasteiger partial charge in [0.15, 0.2) is 0 Å². The maximum absolute atomic E-state index is 10.7. The molecule has 3 fully saturated rings. The summed E-state index contributed by atoms with van der Waals surface area (Å²) in [6, 6.07) is 8.67. The first kappa shape index (κ1) is 17.2. The fourth-order valence-electron chi connectivity index (χ4n) is 5.42. The molecule has 1 aliphatic heterocycles. The Kier molecular flexibility index (Phi) is 5.18. The number of fused-ring (bicyclic) bond motifs is 1. The second-order valence-corrected chi connectivity index (χ2v) is 8.11. The van der Waals surface area contributed by atoms with E-state index >= 15 is 0 Å². The zero-order valence-corrected chi connectivity index (χ0v) is 15.4. The molecule has 0 radical (unpaired) electrons. The van der Waals surface area contributed by atoms with Crippen LogP contribution in [0.2, 0.25) is 0 Å². The Labute approximate surface area is 151 Å². The molecule has 1 saturated heterocycles. The second-order valence-electron chi connectivity index (χ2n) is 8.11. The van der Waals surface area contributed by atoms with Crippen molar-refractivity contribution in [2.24, 2.45) is 11.8 Å². The van der Waals surface area contributed by atoms with Gasteiger partial charge in [0.1, 0.15) is 5.75 Å². The van der Waals surface area contributed by atoms with Crippen LogP contribution in [0, 0.1) is 11.8 Å². The summed E-state index contributed by atoms with van der Waals surface area (Å²) in [4.78, 5) is 4.98. The highest BCUT2D eigenvalue weighted by atomic mass is 16.5. The summed E-state index contributed by atoms with van der Waals surface area (Å²) in [7, 11) is 1.74. The highest BCUT2D eigenvalue weighted by Crippen LogP contribution is 2.42. The summed E-state index contributed by atoms with van der Waals surface area (Å²) in [5.41, 5.74) is 1.20. The SMILES string of the molecule is COc1ccccc1N1CCN([C@@H]2C[C@@H]3CCCC[C@@H]3C[C@H]2O)CC1. The van der Waals surface area contributed by atoms with Crippen LogP contribution in [0.15, 0.2) is 24.3 Å². The Morgan fingerprint density at radius 3 is 2.36 bits per heavy atom. The van der Waals surface area contributed by atoms with Crippen LogP contribution in [0.1, 0.15) is 38.5 Å². The summed E-state index contributed by atoms with van der Waals surface area (Å²) >= 11 is 0. The van der Waals surface area contributed by atoms with Gasteiger partial charge in [0.25, 0.3) is 0 Å². The van der Waals surface area contributed by atoms with Crippen LogP contribution >= 0.6 is 0 Å². The van der Waals surface area contributed by atoms with E-state index in [0.717, 1.165) is 50.2 Å². The smallest absolute Gasteiger partial charge is 0.142 e. The van der Waals surface area contributed by atoms with Crippen molar-refractivity contribution in [2.45, 2.75) is 50.7 Å². The van der Waals surface area contributed by atoms with Gasteiger partial charge in [-0.05, 0) is 36.8 Å². The van der Waals surface area contributed by atoms with Gasteiger partial charge in [-0.2, -0.15) is 0 Å². The minimum Gasteiger partial charge on any atom is -0.495 e. The van der Waals surface area contributed by atoms with E-state index < -0.39 is 0 Å². The maximum Gasteiger partial charge on any atom is 0.142 e. The Bertz CT molecular complexity index is 571. The molecule has 4 atom stereocenters. The van der Waals surface area contributed by atoms with Crippen LogP contribution < -0.4 is 9.64 Å². The number of nitrogens with zero attached hydrogens (tertiary/aromatic N) is 2. The number of aliphatic hydroxyl groups excluding tert-OH is 1. The number of methoxy groups -OCH3 is 1. The molecule has 0 aromatic heterocycles. The molecule has 4 heteroatoms. The van der Waals surface area contributed by atoms with E-state index in [9.17, 15) is 5.11 Å².